The van der Waals surface area contributed by atoms with Crippen molar-refractivity contribution >= 4 is 29.2 Å². The summed E-state index contributed by atoms with van der Waals surface area (Å²) < 4.78 is 5.47. The summed E-state index contributed by atoms with van der Waals surface area (Å²) in [5.74, 6) is 0.278. The monoisotopic (exact) mass is 482 g/mol. The third-order valence-electron chi connectivity index (χ3n) is 5.90. The van der Waals surface area contributed by atoms with E-state index in [-0.39, 0.29) is 25.1 Å². The number of anilines is 1. The lowest BCUT2D eigenvalue weighted by Gasteiger charge is -2.30. The maximum atomic E-state index is 13.4. The van der Waals surface area contributed by atoms with Gasteiger partial charge in [-0.1, -0.05) is 59.2 Å². The second-order valence-electron chi connectivity index (χ2n) is 8.23. The Morgan fingerprint density at radius 2 is 1.94 bits per heavy atom. The van der Waals surface area contributed by atoms with E-state index in [4.69, 9.17) is 16.1 Å². The Kier molecular flexibility index (Phi) is 7.49. The van der Waals surface area contributed by atoms with Crippen LogP contribution in [0.25, 0.3) is 11.3 Å². The molecule has 178 valence electrons. The van der Waals surface area contributed by atoms with Gasteiger partial charge in [0.15, 0.2) is 5.76 Å². The average Bonchev–Trinajstić information content (AvgIpc) is 3.48. The van der Waals surface area contributed by atoms with E-state index >= 15 is 0 Å². The quantitative estimate of drug-likeness (QED) is 0.522. The first-order chi connectivity index (χ1) is 16.5. The van der Waals surface area contributed by atoms with E-state index in [0.29, 0.717) is 48.1 Å². The Morgan fingerprint density at radius 3 is 2.65 bits per heavy atom. The smallest absolute Gasteiger partial charge is 0.322 e. The molecule has 2 heterocycles. The first kappa shape index (κ1) is 23.8. The van der Waals surface area contributed by atoms with Gasteiger partial charge in [-0.25, -0.2) is 4.79 Å². The lowest BCUT2D eigenvalue weighted by molar-refractivity contribution is -0.136. The average molecular weight is 483 g/mol. The second kappa shape index (κ2) is 10.7. The van der Waals surface area contributed by atoms with E-state index < -0.39 is 6.04 Å². The van der Waals surface area contributed by atoms with E-state index in [0.717, 1.165) is 11.1 Å². The molecule has 3 aromatic rings. The first-order valence-electron chi connectivity index (χ1n) is 11.2. The highest BCUT2D eigenvalue weighted by Crippen LogP contribution is 2.31. The zero-order valence-corrected chi connectivity index (χ0v) is 19.7. The molecule has 2 aromatic carbocycles. The number of aryl methyl sites for hydroxylation is 1. The highest BCUT2D eigenvalue weighted by molar-refractivity contribution is 6.30. The van der Waals surface area contributed by atoms with Gasteiger partial charge in [-0.2, -0.15) is 0 Å². The Bertz CT molecular complexity index is 1130. The number of urea groups is 1. The van der Waals surface area contributed by atoms with E-state index in [9.17, 15) is 14.7 Å². The molecule has 1 aromatic heterocycles. The maximum Gasteiger partial charge on any atom is 0.322 e. The topological polar surface area (TPSA) is 98.9 Å². The standard InChI is InChI=1S/C25H27ClN4O4/c1-17-22(23(34-28-17)19-6-3-2-4-7-19)27-25(33)30-13-5-8-21(30)24(32)29(14-15-31)16-18-9-11-20(26)12-10-18/h2-4,6-7,9-12,21,31H,5,8,13-16H2,1H3,(H,27,33)/t21-/m1/s1. The van der Waals surface area contributed by atoms with Crippen LogP contribution < -0.4 is 5.32 Å². The molecule has 34 heavy (non-hydrogen) atoms. The minimum Gasteiger partial charge on any atom is -0.395 e. The van der Waals surface area contributed by atoms with E-state index in [2.05, 4.69) is 10.5 Å². The molecular formula is C25H27ClN4O4. The summed E-state index contributed by atoms with van der Waals surface area (Å²) in [7, 11) is 0. The first-order valence-corrected chi connectivity index (χ1v) is 11.6. The minimum absolute atomic E-state index is 0.168. The summed E-state index contributed by atoms with van der Waals surface area (Å²) in [4.78, 5) is 29.8. The number of nitrogens with one attached hydrogen (secondary N) is 1. The fourth-order valence-corrected chi connectivity index (χ4v) is 4.28. The van der Waals surface area contributed by atoms with Crippen molar-refractivity contribution in [2.24, 2.45) is 0 Å². The van der Waals surface area contributed by atoms with Crippen LogP contribution in [0.5, 0.6) is 0 Å². The van der Waals surface area contributed by atoms with E-state index in [1.54, 1.807) is 28.9 Å². The molecule has 9 heteroatoms. The van der Waals surface area contributed by atoms with Gasteiger partial charge in [-0.3, -0.25) is 4.79 Å². The van der Waals surface area contributed by atoms with Crippen LogP contribution in [0, 0.1) is 6.92 Å². The molecule has 2 N–H and O–H groups in total. The molecule has 0 unspecified atom stereocenters. The third-order valence-corrected chi connectivity index (χ3v) is 6.15. The van der Waals surface area contributed by atoms with Gasteiger partial charge < -0.3 is 24.7 Å². The van der Waals surface area contributed by atoms with Crippen LogP contribution in [0.3, 0.4) is 0 Å². The number of amides is 3. The number of rotatable bonds is 7. The normalized spacial score (nSPS) is 15.4. The maximum absolute atomic E-state index is 13.4. The van der Waals surface area contributed by atoms with Crippen molar-refractivity contribution in [1.29, 1.82) is 0 Å². The van der Waals surface area contributed by atoms with Gasteiger partial charge in [-0.05, 0) is 37.5 Å². The molecular weight excluding hydrogens is 456 g/mol. The number of benzene rings is 2. The summed E-state index contributed by atoms with van der Waals surface area (Å²) in [6.45, 7) is 2.55. The number of carbonyl (C=O) groups excluding carboxylic acids is 2. The Labute approximate surface area is 203 Å². The van der Waals surface area contributed by atoms with Gasteiger partial charge in [-0.15, -0.1) is 0 Å². The molecule has 1 aliphatic rings. The summed E-state index contributed by atoms with van der Waals surface area (Å²) in [5, 5.41) is 17.1. The molecule has 4 rings (SSSR count). The Balaban J connectivity index is 1.50. The van der Waals surface area contributed by atoms with Crippen LogP contribution in [0.15, 0.2) is 59.1 Å². The molecule has 0 spiro atoms. The molecule has 1 fully saturated rings. The molecule has 0 bridgehead atoms. The minimum atomic E-state index is -0.612. The van der Waals surface area contributed by atoms with Gasteiger partial charge in [0.25, 0.3) is 0 Å². The Hall–Kier alpha value is -3.36. The van der Waals surface area contributed by atoms with Crippen LogP contribution in [-0.2, 0) is 11.3 Å². The van der Waals surface area contributed by atoms with Gasteiger partial charge in [0.05, 0.1) is 6.61 Å². The number of hydrogen-bond donors (Lipinski definition) is 2. The number of hydrogen-bond acceptors (Lipinski definition) is 5. The fourth-order valence-electron chi connectivity index (χ4n) is 4.16. The molecule has 0 aliphatic carbocycles. The molecule has 1 saturated heterocycles. The molecule has 1 atom stereocenters. The van der Waals surface area contributed by atoms with Crippen LogP contribution in [0.1, 0.15) is 24.1 Å². The largest absolute Gasteiger partial charge is 0.395 e. The van der Waals surface area contributed by atoms with Gasteiger partial charge in [0.1, 0.15) is 17.4 Å². The van der Waals surface area contributed by atoms with Crippen LogP contribution >= 0.6 is 11.6 Å². The van der Waals surface area contributed by atoms with E-state index in [1.807, 2.05) is 42.5 Å². The molecule has 0 saturated carbocycles. The third kappa shape index (κ3) is 5.24. The van der Waals surface area contributed by atoms with Gasteiger partial charge in [0.2, 0.25) is 5.91 Å². The molecule has 3 amide bonds. The zero-order valence-electron chi connectivity index (χ0n) is 18.9. The van der Waals surface area contributed by atoms with Crippen molar-refractivity contribution in [2.75, 3.05) is 25.0 Å². The number of aliphatic hydroxyl groups excluding tert-OH is 1. The summed E-state index contributed by atoms with van der Waals surface area (Å²) in [5.41, 5.74) is 2.74. The fraction of sp³-hybridized carbons (Fsp3) is 0.320. The summed E-state index contributed by atoms with van der Waals surface area (Å²) in [6, 6.07) is 15.6. The predicted molar refractivity (Wildman–Crippen MR) is 129 cm³/mol. The van der Waals surface area contributed by atoms with Gasteiger partial charge >= 0.3 is 6.03 Å². The lowest BCUT2D eigenvalue weighted by atomic mass is 10.1. The van der Waals surface area contributed by atoms with Crippen LogP contribution in [0.2, 0.25) is 5.02 Å². The van der Waals surface area contributed by atoms with Crippen molar-refractivity contribution in [2.45, 2.75) is 32.4 Å². The predicted octanol–water partition coefficient (Wildman–Crippen LogP) is 4.32. The molecule has 8 nitrogen and oxygen atoms in total. The highest BCUT2D eigenvalue weighted by atomic mass is 35.5. The second-order valence-corrected chi connectivity index (χ2v) is 8.67. The Morgan fingerprint density at radius 1 is 1.21 bits per heavy atom. The van der Waals surface area contributed by atoms with Crippen molar-refractivity contribution in [3.05, 3.63) is 70.9 Å². The lowest BCUT2D eigenvalue weighted by Crippen LogP contribution is -2.49. The van der Waals surface area contributed by atoms with Crippen LogP contribution in [-0.4, -0.2) is 57.7 Å². The highest BCUT2D eigenvalue weighted by Gasteiger charge is 2.37. The summed E-state index contributed by atoms with van der Waals surface area (Å²) >= 11 is 5.97. The zero-order chi connectivity index (χ0) is 24.1. The number of carbonyl (C=O) groups is 2. The SMILES string of the molecule is Cc1noc(-c2ccccc2)c1NC(=O)N1CCC[C@@H]1C(=O)N(CCO)Cc1ccc(Cl)cc1. The number of aromatic nitrogens is 1. The van der Waals surface area contributed by atoms with Gasteiger partial charge in [0, 0.05) is 30.2 Å². The van der Waals surface area contributed by atoms with Crippen molar-refractivity contribution < 1.29 is 19.2 Å². The van der Waals surface area contributed by atoms with Crippen LogP contribution in [0.4, 0.5) is 10.5 Å². The number of halogens is 1. The van der Waals surface area contributed by atoms with E-state index in [1.165, 1.54) is 0 Å². The summed E-state index contributed by atoms with van der Waals surface area (Å²) in [6.07, 6.45) is 1.27. The van der Waals surface area contributed by atoms with Crippen molar-refractivity contribution in [3.8, 4) is 11.3 Å². The number of nitrogens with zero attached hydrogens (tertiary/aromatic N) is 3. The molecule has 0 radical (unpaired) electrons. The van der Waals surface area contributed by atoms with Crippen molar-refractivity contribution in [1.82, 2.24) is 15.0 Å². The van der Waals surface area contributed by atoms with Crippen molar-refractivity contribution in [3.63, 3.8) is 0 Å². The molecule has 1 aliphatic heterocycles. The number of likely N-dealkylation sites (tertiary alicyclic amines) is 1. The number of aliphatic hydroxyl groups is 1.